The van der Waals surface area contributed by atoms with Crippen LogP contribution in [0.5, 0.6) is 5.75 Å². The summed E-state index contributed by atoms with van der Waals surface area (Å²) in [6, 6.07) is 13.7. The van der Waals surface area contributed by atoms with Crippen molar-refractivity contribution >= 4 is 27.5 Å². The van der Waals surface area contributed by atoms with Crippen molar-refractivity contribution < 1.29 is 17.9 Å². The Kier molecular flexibility index (Phi) is 7.94. The first-order valence-corrected chi connectivity index (χ1v) is 12.0. The van der Waals surface area contributed by atoms with Crippen LogP contribution in [0.2, 0.25) is 5.02 Å². The molecule has 1 aliphatic rings. The van der Waals surface area contributed by atoms with Gasteiger partial charge in [-0.2, -0.15) is 4.31 Å². The van der Waals surface area contributed by atoms with E-state index >= 15 is 0 Å². The van der Waals surface area contributed by atoms with Crippen LogP contribution in [-0.4, -0.2) is 63.9 Å². The zero-order valence-corrected chi connectivity index (χ0v) is 19.3. The predicted molar refractivity (Wildman–Crippen MR) is 121 cm³/mol. The summed E-state index contributed by atoms with van der Waals surface area (Å²) in [5.41, 5.74) is 1.09. The summed E-state index contributed by atoms with van der Waals surface area (Å²) in [6.07, 6.45) is 2.26. The van der Waals surface area contributed by atoms with Crippen molar-refractivity contribution in [1.82, 2.24) is 14.5 Å². The van der Waals surface area contributed by atoms with E-state index in [4.69, 9.17) is 16.3 Å². The molecule has 0 unspecified atom stereocenters. The molecule has 1 heterocycles. The summed E-state index contributed by atoms with van der Waals surface area (Å²) in [7, 11) is -0.755. The average molecular weight is 466 g/mol. The van der Waals surface area contributed by atoms with Gasteiger partial charge in [0.05, 0.1) is 24.6 Å². The third-order valence-corrected chi connectivity index (χ3v) is 7.53. The highest BCUT2D eigenvalue weighted by atomic mass is 35.5. The molecule has 168 valence electrons. The average Bonchev–Trinajstić information content (AvgIpc) is 3.29. The zero-order chi connectivity index (χ0) is 22.4. The van der Waals surface area contributed by atoms with E-state index in [1.165, 1.54) is 31.3 Å². The van der Waals surface area contributed by atoms with Gasteiger partial charge in [-0.05, 0) is 67.9 Å². The molecule has 7 nitrogen and oxygen atoms in total. The van der Waals surface area contributed by atoms with Gasteiger partial charge in [-0.15, -0.1) is 0 Å². The molecule has 1 aliphatic heterocycles. The van der Waals surface area contributed by atoms with Gasteiger partial charge in [-0.3, -0.25) is 9.69 Å². The Morgan fingerprint density at radius 1 is 1.13 bits per heavy atom. The molecule has 1 fully saturated rings. The molecule has 3 rings (SSSR count). The molecule has 31 heavy (non-hydrogen) atoms. The largest absolute Gasteiger partial charge is 0.497 e. The molecule has 0 aliphatic carbocycles. The number of methoxy groups -OCH3 is 1. The fraction of sp³-hybridized carbons (Fsp3) is 0.409. The highest BCUT2D eigenvalue weighted by Gasteiger charge is 2.26. The maximum atomic E-state index is 12.7. The summed E-state index contributed by atoms with van der Waals surface area (Å²) in [4.78, 5) is 15.0. The summed E-state index contributed by atoms with van der Waals surface area (Å²) in [5.74, 6) is 0.430. The second-order valence-electron chi connectivity index (χ2n) is 7.55. The lowest BCUT2D eigenvalue weighted by molar-refractivity contribution is -0.121. The lowest BCUT2D eigenvalue weighted by Gasteiger charge is -2.28. The smallest absolute Gasteiger partial charge is 0.243 e. The van der Waals surface area contributed by atoms with Crippen molar-refractivity contribution in [2.24, 2.45) is 0 Å². The van der Waals surface area contributed by atoms with E-state index in [2.05, 4.69) is 10.2 Å². The number of carbonyl (C=O) groups excluding carboxylic acids is 1. The Hall–Kier alpha value is -2.13. The SMILES string of the molecule is COc1ccc([C@@H](CNC(=O)CN(C)S(=O)(=O)c2ccc(Cl)cc2)N2CCCC2)cc1. The minimum atomic E-state index is -3.78. The quantitative estimate of drug-likeness (QED) is 0.616. The van der Waals surface area contributed by atoms with E-state index < -0.39 is 10.0 Å². The van der Waals surface area contributed by atoms with Crippen molar-refractivity contribution in [3.05, 3.63) is 59.1 Å². The number of nitrogens with zero attached hydrogens (tertiary/aromatic N) is 2. The second kappa shape index (κ2) is 10.5. The van der Waals surface area contributed by atoms with Crippen molar-refractivity contribution in [2.45, 2.75) is 23.8 Å². The molecule has 1 atom stereocenters. The molecule has 9 heteroatoms. The number of nitrogens with one attached hydrogen (secondary N) is 1. The maximum absolute atomic E-state index is 12.7. The van der Waals surface area contributed by atoms with Crippen LogP contribution in [-0.2, 0) is 14.8 Å². The summed E-state index contributed by atoms with van der Waals surface area (Å²) in [5, 5.41) is 3.36. The number of halogens is 1. The Morgan fingerprint density at radius 2 is 1.74 bits per heavy atom. The van der Waals surface area contributed by atoms with Crippen LogP contribution >= 0.6 is 11.6 Å². The lowest BCUT2D eigenvalue weighted by atomic mass is 10.1. The molecule has 0 bridgehead atoms. The number of hydrogen-bond donors (Lipinski definition) is 1. The van der Waals surface area contributed by atoms with Crippen LogP contribution in [0.4, 0.5) is 0 Å². The molecule has 0 aromatic heterocycles. The number of carbonyl (C=O) groups is 1. The van der Waals surface area contributed by atoms with Crippen LogP contribution in [0.1, 0.15) is 24.4 Å². The molecule has 1 N–H and O–H groups in total. The summed E-state index contributed by atoms with van der Waals surface area (Å²) < 4.78 is 31.7. The number of likely N-dealkylation sites (tertiary alicyclic amines) is 1. The summed E-state index contributed by atoms with van der Waals surface area (Å²) in [6.45, 7) is 2.08. The van der Waals surface area contributed by atoms with Gasteiger partial charge in [0.15, 0.2) is 0 Å². The number of ether oxygens (including phenoxy) is 1. The monoisotopic (exact) mass is 465 g/mol. The number of amides is 1. The van der Waals surface area contributed by atoms with Crippen LogP contribution in [0.15, 0.2) is 53.4 Å². The fourth-order valence-corrected chi connectivity index (χ4v) is 4.93. The van der Waals surface area contributed by atoms with Gasteiger partial charge in [0.25, 0.3) is 0 Å². The van der Waals surface area contributed by atoms with Crippen LogP contribution in [0.25, 0.3) is 0 Å². The van der Waals surface area contributed by atoms with Gasteiger partial charge in [0.1, 0.15) is 5.75 Å². The standard InChI is InChI=1S/C22H28ClN3O4S/c1-25(31(28,29)20-11-7-18(23)8-12-20)16-22(27)24-15-21(26-13-3-4-14-26)17-5-9-19(30-2)10-6-17/h5-12,21H,3-4,13-16H2,1-2H3,(H,24,27)/t21-/m1/s1. The van der Waals surface area contributed by atoms with Crippen LogP contribution in [0.3, 0.4) is 0 Å². The van der Waals surface area contributed by atoms with Gasteiger partial charge in [0.2, 0.25) is 15.9 Å². The third-order valence-electron chi connectivity index (χ3n) is 5.46. The van der Waals surface area contributed by atoms with Crippen LogP contribution in [0, 0.1) is 0 Å². The number of hydrogen-bond acceptors (Lipinski definition) is 5. The first-order chi connectivity index (χ1) is 14.8. The molecule has 0 saturated carbocycles. The fourth-order valence-electron chi connectivity index (χ4n) is 3.68. The summed E-state index contributed by atoms with van der Waals surface area (Å²) >= 11 is 5.83. The van der Waals surface area contributed by atoms with Crippen molar-refractivity contribution in [1.29, 1.82) is 0 Å². The molecular weight excluding hydrogens is 438 g/mol. The minimum Gasteiger partial charge on any atom is -0.497 e. The Labute approximate surface area is 189 Å². The van der Waals surface area contributed by atoms with E-state index in [0.29, 0.717) is 11.6 Å². The van der Waals surface area contributed by atoms with Gasteiger partial charge in [0, 0.05) is 18.6 Å². The van der Waals surface area contributed by atoms with Gasteiger partial charge in [-0.25, -0.2) is 8.42 Å². The zero-order valence-electron chi connectivity index (χ0n) is 17.8. The van der Waals surface area contributed by atoms with Crippen molar-refractivity contribution in [2.75, 3.05) is 40.3 Å². The minimum absolute atomic E-state index is 0.0236. The van der Waals surface area contributed by atoms with Crippen LogP contribution < -0.4 is 10.1 Å². The van der Waals surface area contributed by atoms with Gasteiger partial charge >= 0.3 is 0 Å². The molecule has 2 aromatic carbocycles. The maximum Gasteiger partial charge on any atom is 0.243 e. The van der Waals surface area contributed by atoms with E-state index in [1.54, 1.807) is 7.11 Å². The van der Waals surface area contributed by atoms with Crippen molar-refractivity contribution in [3.8, 4) is 5.75 Å². The molecule has 0 spiro atoms. The van der Waals surface area contributed by atoms with E-state index in [0.717, 1.165) is 41.5 Å². The van der Waals surface area contributed by atoms with E-state index in [1.807, 2.05) is 24.3 Å². The Balaban J connectivity index is 1.64. The molecule has 0 radical (unpaired) electrons. The predicted octanol–water partition coefficient (Wildman–Crippen LogP) is 2.92. The highest BCUT2D eigenvalue weighted by molar-refractivity contribution is 7.89. The number of benzene rings is 2. The second-order valence-corrected chi connectivity index (χ2v) is 10.0. The number of likely N-dealkylation sites (N-methyl/N-ethyl adjacent to an activating group) is 1. The van der Waals surface area contributed by atoms with E-state index in [-0.39, 0.29) is 23.4 Å². The van der Waals surface area contributed by atoms with Gasteiger partial charge < -0.3 is 10.1 Å². The Morgan fingerprint density at radius 3 is 2.32 bits per heavy atom. The topological polar surface area (TPSA) is 79.0 Å². The number of sulfonamides is 1. The molecule has 1 saturated heterocycles. The highest BCUT2D eigenvalue weighted by Crippen LogP contribution is 2.26. The first kappa shape index (κ1) is 23.5. The van der Waals surface area contributed by atoms with E-state index in [9.17, 15) is 13.2 Å². The molecule has 1 amide bonds. The van der Waals surface area contributed by atoms with Gasteiger partial charge in [-0.1, -0.05) is 23.7 Å². The normalized spacial score (nSPS) is 15.7. The molecule has 2 aromatic rings. The Bertz CT molecular complexity index is 975. The first-order valence-electron chi connectivity index (χ1n) is 10.2. The van der Waals surface area contributed by atoms with Crippen molar-refractivity contribution in [3.63, 3.8) is 0 Å². The number of rotatable bonds is 9. The lowest BCUT2D eigenvalue weighted by Crippen LogP contribution is -2.42. The third kappa shape index (κ3) is 5.98. The molecular formula is C22H28ClN3O4S.